The van der Waals surface area contributed by atoms with Gasteiger partial charge in [0.25, 0.3) is 0 Å². The first-order valence-electron chi connectivity index (χ1n) is 2.40. The quantitative estimate of drug-likeness (QED) is 0.596. The minimum Gasteiger partial charge on any atom is -0.314 e. The minimum absolute atomic E-state index is 0.388. The van der Waals surface area contributed by atoms with Gasteiger partial charge in [-0.25, -0.2) is 4.57 Å². The van der Waals surface area contributed by atoms with Crippen LogP contribution in [0.1, 0.15) is 13.8 Å². The van der Waals surface area contributed by atoms with Crippen molar-refractivity contribution in [1.82, 2.24) is 0 Å². The summed E-state index contributed by atoms with van der Waals surface area (Å²) in [5, 5.41) is 7.95. The molecule has 0 spiro atoms. The van der Waals surface area contributed by atoms with Crippen LogP contribution in [-0.2, 0) is 9.09 Å². The van der Waals surface area contributed by atoms with Gasteiger partial charge in [0.1, 0.15) is 0 Å². The van der Waals surface area contributed by atoms with E-state index in [0.29, 0.717) is 0 Å². The van der Waals surface area contributed by atoms with E-state index < -0.39 is 7.60 Å². The van der Waals surface area contributed by atoms with Gasteiger partial charge in [-0.2, -0.15) is 5.26 Å². The van der Waals surface area contributed by atoms with Crippen molar-refractivity contribution in [2.75, 3.05) is 0 Å². The molecule has 4 nitrogen and oxygen atoms in total. The van der Waals surface area contributed by atoms with Crippen LogP contribution in [0.2, 0.25) is 0 Å². The summed E-state index contributed by atoms with van der Waals surface area (Å²) in [6.45, 7) is 3.17. The van der Waals surface area contributed by atoms with E-state index >= 15 is 0 Å². The Kier molecular flexibility index (Phi) is 2.86. The molecule has 0 heterocycles. The molecule has 5 heteroatoms. The average molecular weight is 149 g/mol. The maximum Gasteiger partial charge on any atom is 0.429 e. The molecule has 0 amide bonds. The highest BCUT2D eigenvalue weighted by atomic mass is 31.2. The van der Waals surface area contributed by atoms with Gasteiger partial charge >= 0.3 is 7.60 Å². The summed E-state index contributed by atoms with van der Waals surface area (Å²) in [6, 6.07) is 0. The lowest BCUT2D eigenvalue weighted by molar-refractivity contribution is 0.212. The van der Waals surface area contributed by atoms with Crippen LogP contribution < -0.4 is 0 Å². The highest BCUT2D eigenvalue weighted by Crippen LogP contribution is 2.41. The van der Waals surface area contributed by atoms with Gasteiger partial charge in [-0.05, 0) is 13.8 Å². The first kappa shape index (κ1) is 8.64. The van der Waals surface area contributed by atoms with Crippen molar-refractivity contribution in [3.05, 3.63) is 0 Å². The molecule has 0 aliphatic heterocycles. The second-order valence-corrected chi connectivity index (χ2v) is 3.23. The monoisotopic (exact) mass is 149 g/mol. The third kappa shape index (κ3) is 4.16. The lowest BCUT2D eigenvalue weighted by Crippen LogP contribution is -1.98. The van der Waals surface area contributed by atoms with E-state index in [1.54, 1.807) is 13.8 Å². The summed E-state index contributed by atoms with van der Waals surface area (Å²) in [6.07, 6.45) is -0.388. The summed E-state index contributed by atoms with van der Waals surface area (Å²) in [4.78, 5) is 8.47. The van der Waals surface area contributed by atoms with Crippen LogP contribution >= 0.6 is 7.60 Å². The molecule has 0 saturated heterocycles. The van der Waals surface area contributed by atoms with Crippen molar-refractivity contribution in [3.63, 3.8) is 0 Å². The lowest BCUT2D eigenvalue weighted by Gasteiger charge is -2.05. The predicted octanol–water partition coefficient (Wildman–Crippen LogP) is 1.08. The van der Waals surface area contributed by atoms with Crippen LogP contribution in [0, 0.1) is 11.1 Å². The third-order valence-corrected chi connectivity index (χ3v) is 1.44. The van der Waals surface area contributed by atoms with Gasteiger partial charge in [0.2, 0.25) is 0 Å². The van der Waals surface area contributed by atoms with Crippen molar-refractivity contribution in [1.29, 1.82) is 5.26 Å². The van der Waals surface area contributed by atoms with Crippen LogP contribution in [0.5, 0.6) is 0 Å². The number of nitrogens with zero attached hydrogens (tertiary/aromatic N) is 1. The number of rotatable bonds is 2. The number of nitriles is 1. The lowest BCUT2D eigenvalue weighted by atomic mass is 10.5. The molecule has 1 atom stereocenters. The fraction of sp³-hybridized carbons (Fsp3) is 0.750. The predicted molar refractivity (Wildman–Crippen MR) is 31.7 cm³/mol. The Morgan fingerprint density at radius 2 is 2.22 bits per heavy atom. The molecule has 0 aliphatic rings. The molecule has 0 rings (SSSR count). The van der Waals surface area contributed by atoms with E-state index in [1.165, 1.54) is 0 Å². The van der Waals surface area contributed by atoms with Crippen molar-refractivity contribution in [2.24, 2.45) is 0 Å². The number of hydrogen-bond acceptors (Lipinski definition) is 3. The van der Waals surface area contributed by atoms with E-state index in [-0.39, 0.29) is 6.10 Å². The molecule has 0 aliphatic carbocycles. The fourth-order valence-electron chi connectivity index (χ4n) is 0.309. The molecule has 52 valence electrons. The van der Waals surface area contributed by atoms with Crippen LogP contribution in [0.15, 0.2) is 0 Å². The van der Waals surface area contributed by atoms with Crippen LogP contribution in [0.3, 0.4) is 0 Å². The fourth-order valence-corrected chi connectivity index (χ4v) is 0.928. The summed E-state index contributed by atoms with van der Waals surface area (Å²) in [5.74, 6) is 1.16. The second kappa shape index (κ2) is 2.98. The molecular weight excluding hydrogens is 141 g/mol. The van der Waals surface area contributed by atoms with Crippen LogP contribution in [0.25, 0.3) is 0 Å². The van der Waals surface area contributed by atoms with Crippen molar-refractivity contribution in [3.8, 4) is 5.81 Å². The molecule has 0 aromatic carbocycles. The summed E-state index contributed by atoms with van der Waals surface area (Å²) < 4.78 is 14.7. The van der Waals surface area contributed by atoms with Gasteiger partial charge in [0, 0.05) is 0 Å². The summed E-state index contributed by atoms with van der Waals surface area (Å²) in [5.41, 5.74) is 0. The standard InChI is InChI=1S/C4H8NO3P/c1-4(2)8-9(6,7)3-5/h4H,1-2H3,(H,6,7). The number of hydrogen-bond donors (Lipinski definition) is 1. The Bertz CT molecular complexity index is 171. The Balaban J connectivity index is 3.93. The van der Waals surface area contributed by atoms with E-state index in [2.05, 4.69) is 4.52 Å². The summed E-state index contributed by atoms with van der Waals surface area (Å²) in [7, 11) is -3.92. The van der Waals surface area contributed by atoms with Gasteiger partial charge in [0.05, 0.1) is 6.10 Å². The van der Waals surface area contributed by atoms with Crippen molar-refractivity contribution in [2.45, 2.75) is 20.0 Å². The normalized spacial score (nSPS) is 16.8. The highest BCUT2D eigenvalue weighted by Gasteiger charge is 2.18. The maximum absolute atomic E-state index is 10.4. The average Bonchev–Trinajstić information content (AvgIpc) is 1.63. The zero-order chi connectivity index (χ0) is 7.49. The van der Waals surface area contributed by atoms with Crippen LogP contribution in [-0.4, -0.2) is 11.0 Å². The Morgan fingerprint density at radius 1 is 1.78 bits per heavy atom. The topological polar surface area (TPSA) is 70.3 Å². The van der Waals surface area contributed by atoms with Crippen LogP contribution in [0.4, 0.5) is 0 Å². The third-order valence-electron chi connectivity index (χ3n) is 0.480. The smallest absolute Gasteiger partial charge is 0.314 e. The van der Waals surface area contributed by atoms with Gasteiger partial charge in [0.15, 0.2) is 5.81 Å². The zero-order valence-electron chi connectivity index (χ0n) is 5.24. The van der Waals surface area contributed by atoms with Crippen molar-refractivity contribution >= 4 is 7.60 Å². The van der Waals surface area contributed by atoms with E-state index in [0.717, 1.165) is 5.81 Å². The summed E-state index contributed by atoms with van der Waals surface area (Å²) >= 11 is 0. The first-order valence-corrected chi connectivity index (χ1v) is 3.98. The molecule has 1 unspecified atom stereocenters. The Labute approximate surface area is 53.6 Å². The zero-order valence-corrected chi connectivity index (χ0v) is 6.13. The molecular formula is C4H8NO3P. The molecule has 0 bridgehead atoms. The molecule has 0 fully saturated rings. The molecule has 0 aromatic rings. The Hall–Kier alpha value is -0.360. The van der Waals surface area contributed by atoms with E-state index in [1.807, 2.05) is 0 Å². The SMILES string of the molecule is CC(C)OP(=O)(O)C#N. The second-order valence-electron chi connectivity index (χ2n) is 1.77. The largest absolute Gasteiger partial charge is 0.429 e. The molecule has 0 radical (unpaired) electrons. The first-order chi connectivity index (χ1) is 3.98. The van der Waals surface area contributed by atoms with E-state index in [4.69, 9.17) is 10.2 Å². The van der Waals surface area contributed by atoms with E-state index in [9.17, 15) is 4.57 Å². The Morgan fingerprint density at radius 3 is 2.33 bits per heavy atom. The maximum atomic E-state index is 10.4. The van der Waals surface area contributed by atoms with Gasteiger partial charge in [-0.1, -0.05) is 0 Å². The van der Waals surface area contributed by atoms with Gasteiger partial charge in [-0.3, -0.25) is 4.52 Å². The van der Waals surface area contributed by atoms with Gasteiger partial charge < -0.3 is 4.89 Å². The molecule has 1 N–H and O–H groups in total. The van der Waals surface area contributed by atoms with Gasteiger partial charge in [-0.15, -0.1) is 0 Å². The molecule has 0 aromatic heterocycles. The van der Waals surface area contributed by atoms with Crippen molar-refractivity contribution < 1.29 is 14.0 Å². The highest BCUT2D eigenvalue weighted by molar-refractivity contribution is 7.58. The molecule has 9 heavy (non-hydrogen) atoms. The molecule has 0 saturated carbocycles. The minimum atomic E-state index is -3.92.